The molecule has 0 aliphatic heterocycles. The number of halogens is 3. The third-order valence-electron chi connectivity index (χ3n) is 2.16. The maximum atomic E-state index is 8.86. The van der Waals surface area contributed by atoms with Gasteiger partial charge in [-0.25, -0.2) is 0 Å². The lowest BCUT2D eigenvalue weighted by atomic mass is 10.3. The lowest BCUT2D eigenvalue weighted by Crippen LogP contribution is -2.08. The molecule has 0 atom stereocenters. The third kappa shape index (κ3) is 4.35. The van der Waals surface area contributed by atoms with E-state index in [1.54, 1.807) is 11.3 Å². The van der Waals surface area contributed by atoms with Crippen molar-refractivity contribution >= 4 is 69.9 Å². The molecule has 0 aliphatic carbocycles. The Morgan fingerprint density at radius 3 is 2.80 bits per heavy atom. The SMILES string of the molecule is OCCCc1c(Cl)sc(I)[si]1CCCBr. The van der Waals surface area contributed by atoms with E-state index in [0.717, 1.165) is 22.5 Å². The van der Waals surface area contributed by atoms with Gasteiger partial charge in [-0.15, -0.1) is 11.3 Å². The lowest BCUT2D eigenvalue weighted by molar-refractivity contribution is 0.289. The zero-order valence-corrected chi connectivity index (χ0v) is 14.5. The third-order valence-corrected chi connectivity index (χ3v) is 10.3. The molecular weight excluding hydrogens is 427 g/mol. The first-order chi connectivity index (χ1) is 7.20. The van der Waals surface area contributed by atoms with E-state index in [4.69, 9.17) is 16.7 Å². The standard InChI is InChI=1S/C9H13BrClIOSSi/c10-4-2-6-15-7(3-1-5-13)8(11)14-9(15)12/h13H,1-6H2. The van der Waals surface area contributed by atoms with Crippen LogP contribution in [0.4, 0.5) is 0 Å². The highest BCUT2D eigenvalue weighted by atomic mass is 127. The van der Waals surface area contributed by atoms with Crippen LogP contribution in [0.25, 0.3) is 0 Å². The molecule has 1 N–H and O–H groups in total. The second-order valence-corrected chi connectivity index (χ2v) is 11.4. The van der Waals surface area contributed by atoms with Gasteiger partial charge in [-0.3, -0.25) is 0 Å². The number of hydrogen-bond donors (Lipinski definition) is 1. The van der Waals surface area contributed by atoms with E-state index in [0.29, 0.717) is 0 Å². The summed E-state index contributed by atoms with van der Waals surface area (Å²) in [4.78, 5) is 0. The quantitative estimate of drug-likeness (QED) is 0.407. The number of rotatable bonds is 6. The van der Waals surface area contributed by atoms with Crippen LogP contribution in [-0.2, 0) is 12.5 Å². The van der Waals surface area contributed by atoms with E-state index in [9.17, 15) is 0 Å². The summed E-state index contributed by atoms with van der Waals surface area (Å²) < 4.78 is 2.47. The molecule has 0 aromatic carbocycles. The van der Waals surface area contributed by atoms with Gasteiger partial charge in [-0.05, 0) is 53.1 Å². The van der Waals surface area contributed by atoms with Gasteiger partial charge in [0.25, 0.3) is 0 Å². The van der Waals surface area contributed by atoms with Crippen LogP contribution in [0, 0.1) is 2.49 Å². The van der Waals surface area contributed by atoms with Crippen LogP contribution < -0.4 is 0 Å². The first-order valence-electron chi connectivity index (χ1n) is 4.83. The molecule has 0 aliphatic rings. The number of aliphatic hydroxyl groups excluding tert-OH is 1. The summed E-state index contributed by atoms with van der Waals surface area (Å²) in [7, 11) is -0.539. The van der Waals surface area contributed by atoms with Crippen molar-refractivity contribution in [3.8, 4) is 0 Å². The van der Waals surface area contributed by atoms with Gasteiger partial charge in [-0.1, -0.05) is 27.5 Å². The second-order valence-electron chi connectivity index (χ2n) is 3.23. The molecule has 0 radical (unpaired) electrons. The Kier molecular flexibility index (Phi) is 7.54. The Labute approximate surface area is 123 Å². The van der Waals surface area contributed by atoms with E-state index in [2.05, 4.69) is 38.5 Å². The van der Waals surface area contributed by atoms with Crippen LogP contribution in [0.2, 0.25) is 4.34 Å². The molecule has 15 heavy (non-hydrogen) atoms. The van der Waals surface area contributed by atoms with E-state index in [1.807, 2.05) is 0 Å². The number of hydrogen-bond acceptors (Lipinski definition) is 2. The Bertz CT molecular complexity index is 293. The topological polar surface area (TPSA) is 20.2 Å². The summed E-state index contributed by atoms with van der Waals surface area (Å²) >= 11 is 13.9. The molecule has 0 fully saturated rings. The maximum absolute atomic E-state index is 8.86. The van der Waals surface area contributed by atoms with Crippen molar-refractivity contribution < 1.29 is 5.11 Å². The minimum atomic E-state index is -0.539. The molecule has 1 heterocycles. The summed E-state index contributed by atoms with van der Waals surface area (Å²) in [5, 5.41) is 11.4. The molecule has 0 bridgehead atoms. The molecule has 0 unspecified atom stereocenters. The summed E-state index contributed by atoms with van der Waals surface area (Å²) in [5.41, 5.74) is 0. The molecule has 6 heteroatoms. The van der Waals surface area contributed by atoms with Crippen molar-refractivity contribution in [1.82, 2.24) is 0 Å². The molecular formula is C9H13BrClIOSSi. The van der Waals surface area contributed by atoms with Crippen molar-refractivity contribution in [2.75, 3.05) is 11.9 Å². The molecule has 1 nitrogen and oxygen atoms in total. The van der Waals surface area contributed by atoms with Gasteiger partial charge in [0, 0.05) is 14.4 Å². The fourth-order valence-electron chi connectivity index (χ4n) is 1.44. The Morgan fingerprint density at radius 2 is 2.20 bits per heavy atom. The first-order valence-corrected chi connectivity index (χ1v) is 9.93. The minimum Gasteiger partial charge on any atom is -0.396 e. The molecule has 86 valence electrons. The largest absolute Gasteiger partial charge is 0.396 e. The molecule has 1 rings (SSSR count). The van der Waals surface area contributed by atoms with Crippen LogP contribution in [0.1, 0.15) is 18.0 Å². The van der Waals surface area contributed by atoms with Crippen LogP contribution in [0.15, 0.2) is 0 Å². The second kappa shape index (κ2) is 7.76. The summed E-state index contributed by atoms with van der Waals surface area (Å²) in [6.07, 6.45) is 3.04. The highest BCUT2D eigenvalue weighted by molar-refractivity contribution is 14.1. The average Bonchev–Trinajstić information content (AvgIpc) is 2.47. The van der Waals surface area contributed by atoms with E-state index in [-0.39, 0.29) is 6.61 Å². The van der Waals surface area contributed by atoms with Gasteiger partial charge < -0.3 is 5.11 Å². The van der Waals surface area contributed by atoms with E-state index < -0.39 is 8.40 Å². The highest BCUT2D eigenvalue weighted by Gasteiger charge is 2.15. The van der Waals surface area contributed by atoms with Crippen molar-refractivity contribution in [2.24, 2.45) is 0 Å². The van der Waals surface area contributed by atoms with Crippen molar-refractivity contribution in [3.05, 3.63) is 12.0 Å². The zero-order valence-electron chi connectivity index (χ0n) is 8.23. The van der Waals surface area contributed by atoms with Crippen LogP contribution in [-0.4, -0.2) is 25.4 Å². The van der Waals surface area contributed by atoms with E-state index >= 15 is 0 Å². The average molecular weight is 440 g/mol. The zero-order chi connectivity index (χ0) is 11.3. The molecule has 0 saturated carbocycles. The normalized spacial score (nSPS) is 10.9. The van der Waals surface area contributed by atoms with Gasteiger partial charge in [0.05, 0.1) is 12.7 Å². The Balaban J connectivity index is 2.80. The number of aliphatic hydroxyl groups is 1. The van der Waals surface area contributed by atoms with Crippen molar-refractivity contribution in [3.63, 3.8) is 0 Å². The maximum Gasteiger partial charge on any atom is 0.0924 e. The molecule has 0 spiro atoms. The predicted molar refractivity (Wildman–Crippen MR) is 81.8 cm³/mol. The van der Waals surface area contributed by atoms with Crippen LogP contribution in [0.3, 0.4) is 0 Å². The summed E-state index contributed by atoms with van der Waals surface area (Å²) in [5.74, 6) is 0. The fourth-order valence-corrected chi connectivity index (χ4v) is 10.3. The van der Waals surface area contributed by atoms with Gasteiger partial charge in [0.1, 0.15) is 0 Å². The molecule has 0 saturated heterocycles. The first kappa shape index (κ1) is 14.6. The molecule has 0 amide bonds. The molecule has 1 aromatic heterocycles. The fraction of sp³-hybridized carbons (Fsp3) is 0.667. The smallest absolute Gasteiger partial charge is 0.0924 e. The predicted octanol–water partition coefficient (Wildman–Crippen LogP) is 3.74. The van der Waals surface area contributed by atoms with Crippen molar-refractivity contribution in [1.29, 1.82) is 0 Å². The van der Waals surface area contributed by atoms with Crippen LogP contribution in [0.5, 0.6) is 0 Å². The van der Waals surface area contributed by atoms with Gasteiger partial charge >= 0.3 is 0 Å². The molecule has 1 aromatic rings. The van der Waals surface area contributed by atoms with E-state index in [1.165, 1.54) is 20.1 Å². The lowest BCUT2D eigenvalue weighted by Gasteiger charge is -2.03. The monoisotopic (exact) mass is 438 g/mol. The van der Waals surface area contributed by atoms with Crippen LogP contribution >= 0.6 is 61.5 Å². The van der Waals surface area contributed by atoms with Gasteiger partial charge in [0.15, 0.2) is 0 Å². The summed E-state index contributed by atoms with van der Waals surface area (Å²) in [6, 6.07) is 1.26. The minimum absolute atomic E-state index is 0.266. The highest BCUT2D eigenvalue weighted by Crippen LogP contribution is 2.29. The van der Waals surface area contributed by atoms with Crippen molar-refractivity contribution in [2.45, 2.75) is 25.3 Å². The van der Waals surface area contributed by atoms with Gasteiger partial charge in [0.2, 0.25) is 0 Å². The Morgan fingerprint density at radius 1 is 1.47 bits per heavy atom. The number of alkyl halides is 1. The Hall–Kier alpha value is 1.51. The van der Waals surface area contributed by atoms with Gasteiger partial charge in [-0.2, -0.15) is 0 Å². The summed E-state index contributed by atoms with van der Waals surface area (Å²) in [6.45, 7) is 0.266.